The van der Waals surface area contributed by atoms with Crippen molar-refractivity contribution in [3.63, 3.8) is 0 Å². The van der Waals surface area contributed by atoms with Crippen LogP contribution in [0.4, 0.5) is 0 Å². The number of nitrogens with zero attached hydrogens (tertiary/aromatic N) is 1. The van der Waals surface area contributed by atoms with Crippen molar-refractivity contribution >= 4 is 22.0 Å². The van der Waals surface area contributed by atoms with Crippen LogP contribution in [-0.4, -0.2) is 55.2 Å². The van der Waals surface area contributed by atoms with Crippen LogP contribution in [0.15, 0.2) is 0 Å². The Hall–Kier alpha value is -1.15. The van der Waals surface area contributed by atoms with Crippen molar-refractivity contribution in [1.82, 2.24) is 4.31 Å². The Morgan fingerprint density at radius 1 is 1.22 bits per heavy atom. The van der Waals surface area contributed by atoms with Crippen LogP contribution in [0.5, 0.6) is 0 Å². The van der Waals surface area contributed by atoms with E-state index in [9.17, 15) is 23.1 Å². The number of ether oxygens (including phenoxy) is 1. The van der Waals surface area contributed by atoms with Gasteiger partial charge in [0.1, 0.15) is 0 Å². The van der Waals surface area contributed by atoms with Crippen LogP contribution in [0.2, 0.25) is 0 Å². The van der Waals surface area contributed by atoms with Crippen LogP contribution in [0.3, 0.4) is 0 Å². The Kier molecular flexibility index (Phi) is 4.16. The highest BCUT2D eigenvalue weighted by Crippen LogP contribution is 2.50. The number of aliphatic carboxylic acids is 1. The van der Waals surface area contributed by atoms with E-state index < -0.39 is 38.5 Å². The minimum absolute atomic E-state index is 0.0414. The molecule has 3 aliphatic rings. The van der Waals surface area contributed by atoms with E-state index in [0.717, 1.165) is 12.8 Å². The standard InChI is InChI=1S/C15H23NO6S/c1-22-13(17)11-5-2-6-12(11)23(20,21)16-8-10-4-3-7-15(10,9-16)14(18)19/h10-12H,2-9H2,1H3,(H,18,19)/t10-,11?,12?,15+/m0/s1. The smallest absolute Gasteiger partial charge is 0.311 e. The molecule has 2 saturated carbocycles. The highest BCUT2D eigenvalue weighted by atomic mass is 32.2. The van der Waals surface area contributed by atoms with Crippen molar-refractivity contribution in [3.8, 4) is 0 Å². The van der Waals surface area contributed by atoms with E-state index in [2.05, 4.69) is 0 Å². The van der Waals surface area contributed by atoms with Crippen molar-refractivity contribution in [3.05, 3.63) is 0 Å². The van der Waals surface area contributed by atoms with Gasteiger partial charge < -0.3 is 9.84 Å². The molecule has 3 fully saturated rings. The molecule has 0 radical (unpaired) electrons. The van der Waals surface area contributed by atoms with Gasteiger partial charge in [-0.1, -0.05) is 12.8 Å². The second kappa shape index (κ2) is 5.73. The zero-order valence-corrected chi connectivity index (χ0v) is 14.0. The number of carbonyl (C=O) groups is 2. The van der Waals surface area contributed by atoms with E-state index in [-0.39, 0.29) is 19.0 Å². The molecule has 3 rings (SSSR count). The van der Waals surface area contributed by atoms with Crippen molar-refractivity contribution < 1.29 is 27.9 Å². The SMILES string of the molecule is COC(=O)C1CCCC1S(=O)(=O)N1C[C@@H]2CCC[C@@]2(C(=O)O)C1. The number of hydrogen-bond donors (Lipinski definition) is 1. The molecule has 2 aliphatic carbocycles. The monoisotopic (exact) mass is 345 g/mol. The summed E-state index contributed by atoms with van der Waals surface area (Å²) in [5.74, 6) is -2.13. The summed E-state index contributed by atoms with van der Waals surface area (Å²) in [5, 5.41) is 8.83. The maximum atomic E-state index is 13.0. The lowest BCUT2D eigenvalue weighted by molar-refractivity contribution is -0.149. The quantitative estimate of drug-likeness (QED) is 0.758. The Morgan fingerprint density at radius 2 is 1.96 bits per heavy atom. The first-order valence-corrected chi connectivity index (χ1v) is 9.63. The van der Waals surface area contributed by atoms with Gasteiger partial charge in [0, 0.05) is 13.1 Å². The highest BCUT2D eigenvalue weighted by Gasteiger charge is 2.58. The van der Waals surface area contributed by atoms with Crippen molar-refractivity contribution in [2.45, 2.75) is 43.8 Å². The average molecular weight is 345 g/mol. The van der Waals surface area contributed by atoms with Gasteiger partial charge in [0.25, 0.3) is 0 Å². The Bertz CT molecular complexity index is 617. The van der Waals surface area contributed by atoms with E-state index in [1.165, 1.54) is 11.4 Å². The molecule has 1 aliphatic heterocycles. The molecule has 0 aromatic heterocycles. The summed E-state index contributed by atoms with van der Waals surface area (Å²) < 4.78 is 32.0. The number of fused-ring (bicyclic) bond motifs is 1. The van der Waals surface area contributed by atoms with Crippen LogP contribution in [-0.2, 0) is 24.3 Å². The number of esters is 1. The van der Waals surface area contributed by atoms with Gasteiger partial charge in [-0.05, 0) is 31.6 Å². The van der Waals surface area contributed by atoms with E-state index in [1.54, 1.807) is 0 Å². The zero-order valence-electron chi connectivity index (χ0n) is 13.2. The summed E-state index contributed by atoms with van der Waals surface area (Å²) in [7, 11) is -2.42. The molecule has 4 atom stereocenters. The summed E-state index contributed by atoms with van der Waals surface area (Å²) >= 11 is 0. The first-order chi connectivity index (χ1) is 10.8. The maximum absolute atomic E-state index is 13.0. The fourth-order valence-electron chi connectivity index (χ4n) is 4.68. The number of methoxy groups -OCH3 is 1. The highest BCUT2D eigenvalue weighted by molar-refractivity contribution is 7.89. The predicted molar refractivity (Wildman–Crippen MR) is 81.0 cm³/mol. The van der Waals surface area contributed by atoms with E-state index >= 15 is 0 Å². The molecule has 0 spiro atoms. The first kappa shape index (κ1) is 16.7. The Balaban J connectivity index is 1.84. The maximum Gasteiger partial charge on any atom is 0.311 e. The number of hydrogen-bond acceptors (Lipinski definition) is 5. The lowest BCUT2D eigenvalue weighted by Gasteiger charge is -2.26. The van der Waals surface area contributed by atoms with Crippen LogP contribution in [0.1, 0.15) is 38.5 Å². The van der Waals surface area contributed by atoms with Gasteiger partial charge in [-0.2, -0.15) is 0 Å². The fourth-order valence-corrected chi connectivity index (χ4v) is 6.99. The molecule has 23 heavy (non-hydrogen) atoms. The van der Waals surface area contributed by atoms with Gasteiger partial charge in [-0.3, -0.25) is 9.59 Å². The summed E-state index contributed by atoms with van der Waals surface area (Å²) in [6.45, 7) is 0.304. The van der Waals surface area contributed by atoms with Crippen molar-refractivity contribution in [2.24, 2.45) is 17.3 Å². The number of rotatable bonds is 4. The second-order valence-electron chi connectivity index (χ2n) is 6.99. The summed E-state index contributed by atoms with van der Waals surface area (Å²) in [6.07, 6.45) is 3.73. The number of carboxylic acids is 1. The molecule has 7 nitrogen and oxygen atoms in total. The molecule has 1 heterocycles. The van der Waals surface area contributed by atoms with Crippen molar-refractivity contribution in [2.75, 3.05) is 20.2 Å². The molecular weight excluding hydrogens is 322 g/mol. The summed E-state index contributed by atoms with van der Waals surface area (Å²) in [6, 6.07) is 0. The minimum atomic E-state index is -3.69. The minimum Gasteiger partial charge on any atom is -0.481 e. The molecule has 8 heteroatoms. The number of sulfonamides is 1. The normalized spacial score (nSPS) is 37.7. The van der Waals surface area contributed by atoms with Gasteiger partial charge >= 0.3 is 11.9 Å². The second-order valence-corrected chi connectivity index (χ2v) is 9.14. The van der Waals surface area contributed by atoms with Crippen LogP contribution in [0, 0.1) is 17.3 Å². The molecule has 1 N–H and O–H groups in total. The fraction of sp³-hybridized carbons (Fsp3) is 0.867. The number of carbonyl (C=O) groups excluding carboxylic acids is 1. The van der Waals surface area contributed by atoms with Gasteiger partial charge in [0.15, 0.2) is 0 Å². The van der Waals surface area contributed by atoms with E-state index in [0.29, 0.717) is 25.7 Å². The zero-order chi connectivity index (χ0) is 16.8. The van der Waals surface area contributed by atoms with Gasteiger partial charge in [0.05, 0.1) is 23.7 Å². The lowest BCUT2D eigenvalue weighted by atomic mass is 9.81. The molecule has 0 aromatic carbocycles. The Labute approximate surface area is 136 Å². The molecule has 130 valence electrons. The number of carboxylic acid groups (broad SMARTS) is 1. The van der Waals surface area contributed by atoms with Gasteiger partial charge in [-0.25, -0.2) is 12.7 Å². The molecular formula is C15H23NO6S. The third-order valence-electron chi connectivity index (χ3n) is 5.96. The van der Waals surface area contributed by atoms with Crippen molar-refractivity contribution in [1.29, 1.82) is 0 Å². The summed E-state index contributed by atoms with van der Waals surface area (Å²) in [4.78, 5) is 23.6. The molecule has 0 bridgehead atoms. The van der Waals surface area contributed by atoms with E-state index in [1.807, 2.05) is 0 Å². The van der Waals surface area contributed by atoms with Gasteiger partial charge in [0.2, 0.25) is 10.0 Å². The average Bonchev–Trinajstić information content (AvgIpc) is 3.19. The lowest BCUT2D eigenvalue weighted by Crippen LogP contribution is -2.43. The molecule has 2 unspecified atom stereocenters. The van der Waals surface area contributed by atoms with Crippen LogP contribution in [0.25, 0.3) is 0 Å². The predicted octanol–water partition coefficient (Wildman–Crippen LogP) is 0.845. The topological polar surface area (TPSA) is 101 Å². The largest absolute Gasteiger partial charge is 0.481 e. The van der Waals surface area contributed by atoms with Gasteiger partial charge in [-0.15, -0.1) is 0 Å². The third-order valence-corrected chi connectivity index (χ3v) is 8.29. The molecule has 0 aromatic rings. The van der Waals surface area contributed by atoms with Crippen LogP contribution < -0.4 is 0 Å². The molecule has 0 amide bonds. The van der Waals surface area contributed by atoms with Crippen LogP contribution >= 0.6 is 0 Å². The van der Waals surface area contributed by atoms with E-state index in [4.69, 9.17) is 4.74 Å². The third kappa shape index (κ3) is 2.46. The molecule has 1 saturated heterocycles. The summed E-state index contributed by atoms with van der Waals surface area (Å²) in [5.41, 5.74) is -0.938. The Morgan fingerprint density at radius 3 is 2.57 bits per heavy atom. The first-order valence-electron chi connectivity index (χ1n) is 8.13.